The lowest BCUT2D eigenvalue weighted by Crippen LogP contribution is -2.10. The van der Waals surface area contributed by atoms with Gasteiger partial charge in [-0.15, -0.1) is 0 Å². The lowest BCUT2D eigenvalue weighted by molar-refractivity contribution is 0.590. The van der Waals surface area contributed by atoms with Crippen LogP contribution in [-0.2, 0) is 10.8 Å². The largest absolute Gasteiger partial charge is 0.247 e. The summed E-state index contributed by atoms with van der Waals surface area (Å²) in [5, 5.41) is 9.29. The van der Waals surface area contributed by atoms with Crippen LogP contribution in [0.1, 0.15) is 52.7 Å². The molecule has 0 amide bonds. The van der Waals surface area contributed by atoms with Crippen LogP contribution in [0, 0.1) is 0 Å². The summed E-state index contributed by atoms with van der Waals surface area (Å²) in [6, 6.07) is 62.2. The van der Waals surface area contributed by atoms with Crippen molar-refractivity contribution in [1.82, 2.24) is 9.97 Å². The van der Waals surface area contributed by atoms with Crippen LogP contribution in [0.4, 0.5) is 0 Å². The first-order chi connectivity index (χ1) is 28.0. The lowest BCUT2D eigenvalue weighted by atomic mass is 9.86. The zero-order chi connectivity index (χ0) is 39.8. The smallest absolute Gasteiger partial charge is 0.0788 e. The normalized spacial score (nSPS) is 12.3. The molecule has 2 heteroatoms. The van der Waals surface area contributed by atoms with E-state index < -0.39 is 0 Å². The molecule has 0 aliphatic rings. The minimum atomic E-state index is 0.117. The maximum atomic E-state index is 5.42. The third-order valence-corrected chi connectivity index (χ3v) is 12.0. The van der Waals surface area contributed by atoms with Gasteiger partial charge in [0.15, 0.2) is 0 Å². The monoisotopic (exact) mass is 746 g/mol. The Kier molecular flexibility index (Phi) is 8.32. The van der Waals surface area contributed by atoms with Gasteiger partial charge >= 0.3 is 0 Å². The molecule has 2 aromatic heterocycles. The summed E-state index contributed by atoms with van der Waals surface area (Å²) in [5.74, 6) is 0. The second-order valence-electron chi connectivity index (χ2n) is 17.9. The molecule has 0 bridgehead atoms. The van der Waals surface area contributed by atoms with Gasteiger partial charge in [0.05, 0.1) is 22.4 Å². The molecule has 0 spiro atoms. The van der Waals surface area contributed by atoms with Crippen molar-refractivity contribution in [3.8, 4) is 44.8 Å². The number of rotatable bonds is 4. The highest BCUT2D eigenvalue weighted by Gasteiger charge is 2.17. The number of nitrogens with zero attached hydrogens (tertiary/aromatic N) is 2. The Morgan fingerprint density at radius 1 is 0.310 bits per heavy atom. The van der Waals surface area contributed by atoms with Gasteiger partial charge in [-0.3, -0.25) is 0 Å². The Balaban J connectivity index is 1.06. The van der Waals surface area contributed by atoms with Gasteiger partial charge in [0, 0.05) is 32.7 Å². The Bertz CT molecular complexity index is 2990. The topological polar surface area (TPSA) is 25.8 Å². The molecule has 10 rings (SSSR count). The van der Waals surface area contributed by atoms with Crippen molar-refractivity contribution in [3.05, 3.63) is 181 Å². The van der Waals surface area contributed by atoms with Crippen LogP contribution in [0.15, 0.2) is 170 Å². The van der Waals surface area contributed by atoms with Crippen molar-refractivity contribution < 1.29 is 0 Å². The molecule has 0 fully saturated rings. The summed E-state index contributed by atoms with van der Waals surface area (Å²) < 4.78 is 0. The van der Waals surface area contributed by atoms with Crippen molar-refractivity contribution in [1.29, 1.82) is 0 Å². The fourth-order valence-corrected chi connectivity index (χ4v) is 8.54. The van der Waals surface area contributed by atoms with E-state index in [0.717, 1.165) is 65.9 Å². The van der Waals surface area contributed by atoms with Gasteiger partial charge in [0.1, 0.15) is 0 Å². The average Bonchev–Trinajstić information content (AvgIpc) is 3.24. The van der Waals surface area contributed by atoms with Gasteiger partial charge in [-0.1, -0.05) is 187 Å². The fraction of sp³-hybridized carbons (Fsp3) is 0.143. The van der Waals surface area contributed by atoms with Crippen LogP contribution >= 0.6 is 0 Å². The van der Waals surface area contributed by atoms with E-state index in [0.29, 0.717) is 0 Å². The number of hydrogen-bond donors (Lipinski definition) is 0. The van der Waals surface area contributed by atoms with Gasteiger partial charge in [-0.25, -0.2) is 9.97 Å². The molecule has 0 aliphatic heterocycles. The predicted octanol–water partition coefficient (Wildman–Crippen LogP) is 15.5. The quantitative estimate of drug-likeness (QED) is 0.168. The van der Waals surface area contributed by atoms with Crippen LogP contribution in [0.3, 0.4) is 0 Å². The molecule has 0 aliphatic carbocycles. The third-order valence-electron chi connectivity index (χ3n) is 12.0. The predicted molar refractivity (Wildman–Crippen MR) is 249 cm³/mol. The van der Waals surface area contributed by atoms with Crippen LogP contribution in [0.25, 0.3) is 98.9 Å². The van der Waals surface area contributed by atoms with E-state index in [1.807, 2.05) is 0 Å². The van der Waals surface area contributed by atoms with E-state index in [2.05, 4.69) is 211 Å². The first kappa shape index (κ1) is 35.8. The molecule has 280 valence electrons. The highest BCUT2D eigenvalue weighted by molar-refractivity contribution is 6.10. The standard InChI is InChI=1S/C56H46N2/c1-55(2,3)43-25-19-35(20-26-43)41-17-13-37-11-15-39-23-31-51(57-53(39)49(37)33-41)47-29-30-48(46-10-8-7-9-45(46)47)52-32-24-40-16-12-38-14-18-42(34-50(38)54(40)58-52)36-21-27-44(28-22-36)56(4,5)6/h7-34H,1-6H3. The number of benzene rings is 8. The summed E-state index contributed by atoms with van der Waals surface area (Å²) in [6.45, 7) is 13.6. The first-order valence-electron chi connectivity index (χ1n) is 20.4. The molecular formula is C56H46N2. The average molecular weight is 747 g/mol. The fourth-order valence-electron chi connectivity index (χ4n) is 8.54. The molecule has 8 aromatic carbocycles. The van der Waals surface area contributed by atoms with E-state index in [1.54, 1.807) is 0 Å². The van der Waals surface area contributed by atoms with Crippen molar-refractivity contribution in [2.45, 2.75) is 52.4 Å². The van der Waals surface area contributed by atoms with E-state index in [-0.39, 0.29) is 10.8 Å². The Hall–Kier alpha value is -6.64. The lowest BCUT2D eigenvalue weighted by Gasteiger charge is -2.19. The molecule has 58 heavy (non-hydrogen) atoms. The maximum Gasteiger partial charge on any atom is 0.0788 e. The molecule has 0 radical (unpaired) electrons. The Labute approximate surface area is 340 Å². The summed E-state index contributed by atoms with van der Waals surface area (Å²) in [5.41, 5.74) is 13.9. The summed E-state index contributed by atoms with van der Waals surface area (Å²) in [6.07, 6.45) is 0. The maximum absolute atomic E-state index is 5.42. The van der Waals surface area contributed by atoms with Crippen LogP contribution in [0.2, 0.25) is 0 Å². The van der Waals surface area contributed by atoms with Gasteiger partial charge in [-0.2, -0.15) is 0 Å². The third kappa shape index (κ3) is 6.30. The minimum absolute atomic E-state index is 0.117. The number of hydrogen-bond acceptors (Lipinski definition) is 2. The van der Waals surface area contributed by atoms with E-state index >= 15 is 0 Å². The number of aromatic nitrogens is 2. The Morgan fingerprint density at radius 3 is 1.05 bits per heavy atom. The summed E-state index contributed by atoms with van der Waals surface area (Å²) in [7, 11) is 0. The van der Waals surface area contributed by atoms with Gasteiger partial charge in [0.2, 0.25) is 0 Å². The number of fused-ring (bicyclic) bond motifs is 7. The molecule has 0 N–H and O–H groups in total. The zero-order valence-corrected chi connectivity index (χ0v) is 34.1. The molecule has 2 nitrogen and oxygen atoms in total. The Morgan fingerprint density at radius 2 is 0.655 bits per heavy atom. The molecule has 0 atom stereocenters. The molecule has 10 aromatic rings. The van der Waals surface area contributed by atoms with Gasteiger partial charge < -0.3 is 0 Å². The summed E-state index contributed by atoms with van der Waals surface area (Å²) >= 11 is 0. The first-order valence-corrected chi connectivity index (χ1v) is 20.4. The van der Waals surface area contributed by atoms with Crippen LogP contribution in [-0.4, -0.2) is 9.97 Å². The van der Waals surface area contributed by atoms with E-state index in [9.17, 15) is 0 Å². The minimum Gasteiger partial charge on any atom is -0.247 e. The van der Waals surface area contributed by atoms with Gasteiger partial charge in [0.25, 0.3) is 0 Å². The molecule has 2 heterocycles. The van der Waals surface area contributed by atoms with E-state index in [1.165, 1.54) is 44.2 Å². The van der Waals surface area contributed by atoms with Crippen molar-refractivity contribution >= 4 is 54.1 Å². The highest BCUT2D eigenvalue weighted by atomic mass is 14.7. The van der Waals surface area contributed by atoms with Crippen molar-refractivity contribution in [2.75, 3.05) is 0 Å². The van der Waals surface area contributed by atoms with Crippen LogP contribution in [0.5, 0.6) is 0 Å². The van der Waals surface area contributed by atoms with Crippen molar-refractivity contribution in [2.24, 2.45) is 0 Å². The SMILES string of the molecule is CC(C)(C)c1ccc(-c2ccc3ccc4ccc(-c5ccc(-c6ccc7ccc8ccc(-c9ccc(C(C)(C)C)cc9)cc8c7n6)c6ccccc56)nc4c3c2)cc1. The molecule has 0 unspecified atom stereocenters. The zero-order valence-electron chi connectivity index (χ0n) is 34.1. The highest BCUT2D eigenvalue weighted by Crippen LogP contribution is 2.39. The van der Waals surface area contributed by atoms with Crippen LogP contribution < -0.4 is 0 Å². The van der Waals surface area contributed by atoms with Crippen molar-refractivity contribution in [3.63, 3.8) is 0 Å². The second kappa shape index (κ2) is 13.5. The van der Waals surface area contributed by atoms with Gasteiger partial charge in [-0.05, 0) is 90.0 Å². The molecular weight excluding hydrogens is 701 g/mol. The molecule has 0 saturated heterocycles. The van der Waals surface area contributed by atoms with E-state index in [4.69, 9.17) is 9.97 Å². The second-order valence-corrected chi connectivity index (χ2v) is 17.9. The molecule has 0 saturated carbocycles. The summed E-state index contributed by atoms with van der Waals surface area (Å²) in [4.78, 5) is 10.8. The number of pyridine rings is 2.